The number of hydrogen-bond acceptors (Lipinski definition) is 0. The standard InChI is InChI=1S/C13H20Si/c1-4-14(5-2,6-3)12-13-10-8-7-9-11-13/h4,7-11H,1,5-6,12H2,2-3H3. The SMILES string of the molecule is C=C[Si](CC)(CC)Cc1ccccc1. The maximum atomic E-state index is 4.03. The molecule has 0 saturated heterocycles. The van der Waals surface area contributed by atoms with Gasteiger partial charge in [0.15, 0.2) is 0 Å². The summed E-state index contributed by atoms with van der Waals surface area (Å²) in [6.07, 6.45) is 0. The van der Waals surface area contributed by atoms with Crippen LogP contribution in [0.3, 0.4) is 0 Å². The average molecular weight is 204 g/mol. The van der Waals surface area contributed by atoms with Gasteiger partial charge in [-0.3, -0.25) is 0 Å². The third-order valence-corrected chi connectivity index (χ3v) is 8.04. The number of rotatable bonds is 5. The fraction of sp³-hybridized carbons (Fsp3) is 0.385. The number of benzene rings is 1. The molecule has 0 nitrogen and oxygen atoms in total. The van der Waals surface area contributed by atoms with E-state index in [1.54, 1.807) is 0 Å². The van der Waals surface area contributed by atoms with Crippen LogP contribution in [0, 0.1) is 0 Å². The Labute approximate surface area is 88.7 Å². The Morgan fingerprint density at radius 2 is 1.71 bits per heavy atom. The van der Waals surface area contributed by atoms with Gasteiger partial charge in [-0.25, -0.2) is 0 Å². The van der Waals surface area contributed by atoms with E-state index in [-0.39, 0.29) is 0 Å². The fourth-order valence-electron chi connectivity index (χ4n) is 1.86. The second-order valence-corrected chi connectivity index (χ2v) is 8.84. The maximum Gasteiger partial charge on any atom is 0.0808 e. The van der Waals surface area contributed by atoms with E-state index in [0.717, 1.165) is 0 Å². The van der Waals surface area contributed by atoms with Crippen LogP contribution >= 0.6 is 0 Å². The van der Waals surface area contributed by atoms with Gasteiger partial charge in [0.05, 0.1) is 8.07 Å². The summed E-state index contributed by atoms with van der Waals surface area (Å²) in [4.78, 5) is 0. The van der Waals surface area contributed by atoms with Gasteiger partial charge in [0.25, 0.3) is 0 Å². The Kier molecular flexibility index (Phi) is 4.14. The summed E-state index contributed by atoms with van der Waals surface area (Å²) in [6.45, 7) is 8.64. The molecule has 0 unspecified atom stereocenters. The first kappa shape index (κ1) is 11.3. The van der Waals surface area contributed by atoms with Crippen LogP contribution in [0.5, 0.6) is 0 Å². The van der Waals surface area contributed by atoms with Crippen molar-refractivity contribution in [2.24, 2.45) is 0 Å². The molecule has 0 heterocycles. The van der Waals surface area contributed by atoms with E-state index in [9.17, 15) is 0 Å². The lowest BCUT2D eigenvalue weighted by Crippen LogP contribution is -2.33. The van der Waals surface area contributed by atoms with Crippen molar-refractivity contribution in [1.82, 2.24) is 0 Å². The topological polar surface area (TPSA) is 0 Å². The molecule has 1 aromatic rings. The minimum absolute atomic E-state index is 1.19. The molecule has 0 aliphatic heterocycles. The molecular formula is C13H20Si. The zero-order chi connectivity index (χ0) is 10.4. The predicted octanol–water partition coefficient (Wildman–Crippen LogP) is 3.98. The van der Waals surface area contributed by atoms with Gasteiger partial charge in [0.2, 0.25) is 0 Å². The first-order valence-electron chi connectivity index (χ1n) is 5.44. The Morgan fingerprint density at radius 3 is 2.14 bits per heavy atom. The van der Waals surface area contributed by atoms with Crippen molar-refractivity contribution in [1.29, 1.82) is 0 Å². The van der Waals surface area contributed by atoms with E-state index in [4.69, 9.17) is 0 Å². The molecule has 76 valence electrons. The van der Waals surface area contributed by atoms with Crippen molar-refractivity contribution in [3.05, 3.63) is 48.2 Å². The van der Waals surface area contributed by atoms with E-state index in [2.05, 4.69) is 56.5 Å². The summed E-state index contributed by atoms with van der Waals surface area (Å²) in [6, 6.07) is 14.7. The van der Waals surface area contributed by atoms with E-state index in [1.807, 2.05) is 0 Å². The molecule has 0 fully saturated rings. The van der Waals surface area contributed by atoms with Crippen molar-refractivity contribution in [2.75, 3.05) is 0 Å². The third kappa shape index (κ3) is 2.58. The molecule has 1 aromatic carbocycles. The minimum Gasteiger partial charge on any atom is -0.107 e. The summed E-state index contributed by atoms with van der Waals surface area (Å²) in [5.41, 5.74) is 3.74. The van der Waals surface area contributed by atoms with Crippen LogP contribution in [-0.4, -0.2) is 8.07 Å². The molecule has 0 N–H and O–H groups in total. The Balaban J connectivity index is 2.79. The molecular weight excluding hydrogens is 184 g/mol. The summed E-state index contributed by atoms with van der Waals surface area (Å²) in [5, 5.41) is 0. The smallest absolute Gasteiger partial charge is 0.0808 e. The van der Waals surface area contributed by atoms with Crippen LogP contribution < -0.4 is 0 Å². The van der Waals surface area contributed by atoms with Crippen molar-refractivity contribution in [2.45, 2.75) is 32.0 Å². The second kappa shape index (κ2) is 5.16. The largest absolute Gasteiger partial charge is 0.107 e. The highest BCUT2D eigenvalue weighted by Crippen LogP contribution is 2.21. The van der Waals surface area contributed by atoms with Gasteiger partial charge in [-0.2, -0.15) is 0 Å². The molecule has 0 aliphatic rings. The molecule has 0 spiro atoms. The van der Waals surface area contributed by atoms with Crippen molar-refractivity contribution < 1.29 is 0 Å². The van der Waals surface area contributed by atoms with Crippen LogP contribution in [0.4, 0.5) is 0 Å². The zero-order valence-electron chi connectivity index (χ0n) is 9.29. The third-order valence-electron chi connectivity index (χ3n) is 3.24. The van der Waals surface area contributed by atoms with Crippen LogP contribution in [0.1, 0.15) is 19.4 Å². The van der Waals surface area contributed by atoms with Gasteiger partial charge in [-0.1, -0.05) is 61.8 Å². The minimum atomic E-state index is -1.19. The van der Waals surface area contributed by atoms with Crippen LogP contribution in [0.15, 0.2) is 42.6 Å². The van der Waals surface area contributed by atoms with Crippen molar-refractivity contribution in [3.8, 4) is 0 Å². The lowest BCUT2D eigenvalue weighted by molar-refractivity contribution is 1.18. The molecule has 0 radical (unpaired) electrons. The van der Waals surface area contributed by atoms with Gasteiger partial charge in [0.1, 0.15) is 0 Å². The number of hydrogen-bond donors (Lipinski definition) is 0. The van der Waals surface area contributed by atoms with Crippen LogP contribution in [-0.2, 0) is 6.04 Å². The molecule has 1 heteroatoms. The van der Waals surface area contributed by atoms with Gasteiger partial charge in [-0.15, -0.1) is 12.3 Å². The molecule has 14 heavy (non-hydrogen) atoms. The molecule has 0 atom stereocenters. The second-order valence-electron chi connectivity index (χ2n) is 3.94. The van der Waals surface area contributed by atoms with Crippen LogP contribution in [0.2, 0.25) is 12.1 Å². The molecule has 1 rings (SSSR count). The van der Waals surface area contributed by atoms with E-state index in [0.29, 0.717) is 0 Å². The molecule has 0 aromatic heterocycles. The van der Waals surface area contributed by atoms with Gasteiger partial charge in [0, 0.05) is 0 Å². The maximum absolute atomic E-state index is 4.03. The highest BCUT2D eigenvalue weighted by atomic mass is 28.3. The Morgan fingerprint density at radius 1 is 1.14 bits per heavy atom. The van der Waals surface area contributed by atoms with E-state index >= 15 is 0 Å². The predicted molar refractivity (Wildman–Crippen MR) is 67.1 cm³/mol. The lowest BCUT2D eigenvalue weighted by atomic mass is 10.2. The molecule has 0 bridgehead atoms. The zero-order valence-corrected chi connectivity index (χ0v) is 10.3. The van der Waals surface area contributed by atoms with Gasteiger partial charge in [-0.05, 0) is 6.04 Å². The highest BCUT2D eigenvalue weighted by molar-refractivity contribution is 6.83. The van der Waals surface area contributed by atoms with Crippen molar-refractivity contribution in [3.63, 3.8) is 0 Å². The van der Waals surface area contributed by atoms with Crippen LogP contribution in [0.25, 0.3) is 0 Å². The van der Waals surface area contributed by atoms with Gasteiger partial charge >= 0.3 is 0 Å². The van der Waals surface area contributed by atoms with Crippen molar-refractivity contribution >= 4 is 8.07 Å². The fourth-order valence-corrected chi connectivity index (χ4v) is 4.63. The first-order valence-corrected chi connectivity index (χ1v) is 8.13. The summed E-state index contributed by atoms with van der Waals surface area (Å²) in [5.74, 6) is 0. The summed E-state index contributed by atoms with van der Waals surface area (Å²) in [7, 11) is -1.19. The molecule has 0 saturated carbocycles. The normalized spacial score (nSPS) is 11.3. The van der Waals surface area contributed by atoms with Gasteiger partial charge < -0.3 is 0 Å². The monoisotopic (exact) mass is 204 g/mol. The summed E-state index contributed by atoms with van der Waals surface area (Å²) < 4.78 is 0. The van der Waals surface area contributed by atoms with E-state index in [1.165, 1.54) is 23.7 Å². The first-order chi connectivity index (χ1) is 6.76. The molecule has 0 amide bonds. The lowest BCUT2D eigenvalue weighted by Gasteiger charge is -2.25. The summed E-state index contributed by atoms with van der Waals surface area (Å²) >= 11 is 0. The Hall–Kier alpha value is -0.823. The highest BCUT2D eigenvalue weighted by Gasteiger charge is 2.24. The Bertz CT molecular complexity index is 273. The quantitative estimate of drug-likeness (QED) is 0.636. The average Bonchev–Trinajstić information content (AvgIpc) is 2.28. The van der Waals surface area contributed by atoms with E-state index < -0.39 is 8.07 Å². The molecule has 0 aliphatic carbocycles.